The number of carbonyl (C=O) groups is 1. The molecular weight excluding hydrogens is 328 g/mol. The summed E-state index contributed by atoms with van der Waals surface area (Å²) >= 11 is 1.38. The molecule has 0 saturated heterocycles. The second-order valence-corrected chi connectivity index (χ2v) is 6.19. The van der Waals surface area contributed by atoms with Crippen LogP contribution in [0.3, 0.4) is 0 Å². The van der Waals surface area contributed by atoms with Gasteiger partial charge in [0.1, 0.15) is 5.01 Å². The highest BCUT2D eigenvalue weighted by Crippen LogP contribution is 2.18. The van der Waals surface area contributed by atoms with Gasteiger partial charge in [0.2, 0.25) is 11.0 Å². The fourth-order valence-electron chi connectivity index (χ4n) is 1.96. The van der Waals surface area contributed by atoms with Crippen LogP contribution in [0.5, 0.6) is 0 Å². The van der Waals surface area contributed by atoms with E-state index in [4.69, 9.17) is 0 Å². The predicted octanol–water partition coefficient (Wildman–Crippen LogP) is 3.83. The number of nitro benzene ring substituents is 1. The van der Waals surface area contributed by atoms with Crippen molar-refractivity contribution in [2.45, 2.75) is 32.6 Å². The number of benzene rings is 1. The van der Waals surface area contributed by atoms with Crippen molar-refractivity contribution >= 4 is 34.1 Å². The Morgan fingerprint density at radius 1 is 1.29 bits per heavy atom. The summed E-state index contributed by atoms with van der Waals surface area (Å²) in [5.41, 5.74) is 0.717. The third kappa shape index (κ3) is 5.54. The number of nitro groups is 1. The molecule has 0 aliphatic carbocycles. The minimum Gasteiger partial charge on any atom is -0.297 e. The van der Waals surface area contributed by atoms with Gasteiger partial charge in [-0.2, -0.15) is 0 Å². The zero-order valence-corrected chi connectivity index (χ0v) is 14.1. The van der Waals surface area contributed by atoms with Crippen molar-refractivity contribution in [3.8, 4) is 0 Å². The van der Waals surface area contributed by atoms with Gasteiger partial charge in [-0.1, -0.05) is 31.1 Å². The first-order valence-electron chi connectivity index (χ1n) is 7.64. The Hall–Kier alpha value is -2.61. The molecule has 0 aliphatic rings. The Morgan fingerprint density at radius 3 is 2.71 bits per heavy atom. The van der Waals surface area contributed by atoms with E-state index in [1.165, 1.54) is 29.5 Å². The number of unbranched alkanes of at least 4 members (excludes halogenated alkanes) is 2. The quantitative estimate of drug-likeness (QED) is 0.339. The number of non-ortho nitro benzene ring substituents is 1. The SMILES string of the molecule is CCCCCc1nnc(NC(=O)C=Cc2ccc([N+](=O)[O-])cc2)s1. The van der Waals surface area contributed by atoms with E-state index < -0.39 is 4.92 Å². The van der Waals surface area contributed by atoms with Crippen LogP contribution in [0.25, 0.3) is 6.08 Å². The maximum absolute atomic E-state index is 11.9. The van der Waals surface area contributed by atoms with Crippen LogP contribution >= 0.6 is 11.3 Å². The number of nitrogens with one attached hydrogen (secondary N) is 1. The summed E-state index contributed by atoms with van der Waals surface area (Å²) < 4.78 is 0. The van der Waals surface area contributed by atoms with Crippen LogP contribution < -0.4 is 5.32 Å². The molecule has 2 aromatic rings. The molecule has 0 fully saturated rings. The zero-order chi connectivity index (χ0) is 17.4. The molecule has 0 saturated carbocycles. The van der Waals surface area contributed by atoms with Gasteiger partial charge in [0.05, 0.1) is 4.92 Å². The summed E-state index contributed by atoms with van der Waals surface area (Å²) in [7, 11) is 0. The average Bonchev–Trinajstić information content (AvgIpc) is 3.01. The predicted molar refractivity (Wildman–Crippen MR) is 93.9 cm³/mol. The summed E-state index contributed by atoms with van der Waals surface area (Å²) in [5, 5.41) is 22.6. The molecule has 0 radical (unpaired) electrons. The molecule has 1 amide bonds. The lowest BCUT2D eigenvalue weighted by Crippen LogP contribution is -2.07. The third-order valence-corrected chi connectivity index (χ3v) is 4.12. The fourth-order valence-corrected chi connectivity index (χ4v) is 2.74. The van der Waals surface area contributed by atoms with Crippen LogP contribution in [0, 0.1) is 10.1 Å². The van der Waals surface area contributed by atoms with Crippen molar-refractivity contribution in [3.05, 3.63) is 51.0 Å². The molecule has 0 spiro atoms. The Labute approximate surface area is 143 Å². The van der Waals surface area contributed by atoms with Crippen molar-refractivity contribution in [2.75, 3.05) is 5.32 Å². The molecule has 1 heterocycles. The molecule has 1 N–H and O–H groups in total. The molecule has 1 aromatic carbocycles. The normalized spacial score (nSPS) is 10.9. The van der Waals surface area contributed by atoms with Gasteiger partial charge in [-0.05, 0) is 30.2 Å². The lowest BCUT2D eigenvalue weighted by molar-refractivity contribution is -0.384. The van der Waals surface area contributed by atoms with Crippen molar-refractivity contribution in [1.29, 1.82) is 0 Å². The first-order chi connectivity index (χ1) is 11.6. The van der Waals surface area contributed by atoms with E-state index >= 15 is 0 Å². The highest BCUT2D eigenvalue weighted by Gasteiger charge is 2.06. The Bertz CT molecular complexity index is 725. The van der Waals surface area contributed by atoms with Crippen molar-refractivity contribution < 1.29 is 9.72 Å². The van der Waals surface area contributed by atoms with Crippen LogP contribution in [0.4, 0.5) is 10.8 Å². The highest BCUT2D eigenvalue weighted by molar-refractivity contribution is 7.15. The van der Waals surface area contributed by atoms with Crippen molar-refractivity contribution in [1.82, 2.24) is 10.2 Å². The van der Waals surface area contributed by atoms with E-state index in [0.717, 1.165) is 30.7 Å². The van der Waals surface area contributed by atoms with E-state index in [0.29, 0.717) is 10.7 Å². The average molecular weight is 346 g/mol. The number of hydrogen-bond donors (Lipinski definition) is 1. The highest BCUT2D eigenvalue weighted by atomic mass is 32.1. The molecule has 126 valence electrons. The number of aromatic nitrogens is 2. The zero-order valence-electron chi connectivity index (χ0n) is 13.3. The maximum Gasteiger partial charge on any atom is 0.269 e. The second-order valence-electron chi connectivity index (χ2n) is 5.13. The van der Waals surface area contributed by atoms with E-state index in [1.54, 1.807) is 18.2 Å². The van der Waals surface area contributed by atoms with Crippen LogP contribution in [0.15, 0.2) is 30.3 Å². The van der Waals surface area contributed by atoms with Gasteiger partial charge in [-0.3, -0.25) is 20.2 Å². The Morgan fingerprint density at radius 2 is 2.04 bits per heavy atom. The number of aryl methyl sites for hydroxylation is 1. The first kappa shape index (κ1) is 17.7. The molecule has 0 unspecified atom stereocenters. The van der Waals surface area contributed by atoms with Gasteiger partial charge >= 0.3 is 0 Å². The molecule has 0 aliphatic heterocycles. The van der Waals surface area contributed by atoms with Crippen LogP contribution in [-0.2, 0) is 11.2 Å². The largest absolute Gasteiger partial charge is 0.297 e. The fraction of sp³-hybridized carbons (Fsp3) is 0.312. The molecule has 7 nitrogen and oxygen atoms in total. The second kappa shape index (κ2) is 8.88. The number of anilines is 1. The molecule has 24 heavy (non-hydrogen) atoms. The van der Waals surface area contributed by atoms with Gasteiger partial charge in [0.25, 0.3) is 5.69 Å². The monoisotopic (exact) mass is 346 g/mol. The van der Waals surface area contributed by atoms with E-state index in [9.17, 15) is 14.9 Å². The number of rotatable bonds is 8. The topological polar surface area (TPSA) is 98.0 Å². The molecule has 1 aromatic heterocycles. The van der Waals surface area contributed by atoms with Crippen molar-refractivity contribution in [2.24, 2.45) is 0 Å². The summed E-state index contributed by atoms with van der Waals surface area (Å²) in [6.07, 6.45) is 7.19. The van der Waals surface area contributed by atoms with Gasteiger partial charge in [0.15, 0.2) is 0 Å². The van der Waals surface area contributed by atoms with Gasteiger partial charge in [-0.25, -0.2) is 0 Å². The van der Waals surface area contributed by atoms with Gasteiger partial charge in [-0.15, -0.1) is 10.2 Å². The summed E-state index contributed by atoms with van der Waals surface area (Å²) in [4.78, 5) is 22.0. The Balaban J connectivity index is 1.87. The molecule has 8 heteroatoms. The molecular formula is C16H18N4O3S. The van der Waals surface area contributed by atoms with Crippen LogP contribution in [-0.4, -0.2) is 21.0 Å². The standard InChI is InChI=1S/C16H18N4O3S/c1-2-3-4-5-15-18-19-16(24-15)17-14(21)11-8-12-6-9-13(10-7-12)20(22)23/h6-11H,2-5H2,1H3,(H,17,19,21). The first-order valence-corrected chi connectivity index (χ1v) is 8.46. The number of amides is 1. The minimum absolute atomic E-state index is 0.0149. The van der Waals surface area contributed by atoms with Crippen LogP contribution in [0.2, 0.25) is 0 Å². The summed E-state index contributed by atoms with van der Waals surface area (Å²) in [6.45, 7) is 2.14. The smallest absolute Gasteiger partial charge is 0.269 e. The number of nitrogens with zero attached hydrogens (tertiary/aromatic N) is 3. The van der Waals surface area contributed by atoms with Gasteiger partial charge < -0.3 is 0 Å². The summed E-state index contributed by atoms with van der Waals surface area (Å²) in [6, 6.07) is 5.95. The van der Waals surface area contributed by atoms with E-state index in [2.05, 4.69) is 22.4 Å². The lowest BCUT2D eigenvalue weighted by atomic mass is 10.2. The van der Waals surface area contributed by atoms with Crippen molar-refractivity contribution in [3.63, 3.8) is 0 Å². The Kier molecular flexibility index (Phi) is 6.56. The summed E-state index contributed by atoms with van der Waals surface area (Å²) in [5.74, 6) is -0.315. The molecule has 0 bridgehead atoms. The molecule has 0 atom stereocenters. The molecule has 2 rings (SSSR count). The van der Waals surface area contributed by atoms with Gasteiger partial charge in [0, 0.05) is 24.6 Å². The lowest BCUT2D eigenvalue weighted by Gasteiger charge is -1.96. The maximum atomic E-state index is 11.9. The number of carbonyl (C=O) groups excluding carboxylic acids is 1. The van der Waals surface area contributed by atoms with E-state index in [1.807, 2.05) is 0 Å². The van der Waals surface area contributed by atoms with Crippen LogP contribution in [0.1, 0.15) is 36.8 Å². The number of hydrogen-bond acceptors (Lipinski definition) is 6. The minimum atomic E-state index is -0.465. The van der Waals surface area contributed by atoms with E-state index in [-0.39, 0.29) is 11.6 Å². The third-order valence-electron chi connectivity index (χ3n) is 3.22.